The number of amides is 3. The van der Waals surface area contributed by atoms with E-state index >= 15 is 0 Å². The summed E-state index contributed by atoms with van der Waals surface area (Å²) in [4.78, 5) is 28.4. The molecule has 0 spiro atoms. The quantitative estimate of drug-likeness (QED) is 0.855. The highest BCUT2D eigenvalue weighted by Gasteiger charge is 2.37. The molecule has 1 aliphatic heterocycles. The highest BCUT2D eigenvalue weighted by atomic mass is 19.4. The number of hydrogen-bond acceptors (Lipinski definition) is 4. The number of nitrogens with one attached hydrogen (secondary N) is 1. The molecule has 0 fully saturated rings. The first kappa shape index (κ1) is 18.5. The predicted octanol–water partition coefficient (Wildman–Crippen LogP) is 2.45. The first-order valence-corrected chi connectivity index (χ1v) is 7.84. The Hall–Kier alpha value is -3.30. The van der Waals surface area contributed by atoms with Gasteiger partial charge in [0.25, 0.3) is 0 Å². The molecule has 1 unspecified atom stereocenters. The first-order chi connectivity index (χ1) is 12.7. The van der Waals surface area contributed by atoms with Crippen LogP contribution in [-0.2, 0) is 17.4 Å². The minimum Gasteiger partial charge on any atom is -0.436 e. The molecule has 0 radical (unpaired) electrons. The van der Waals surface area contributed by atoms with E-state index in [1.165, 1.54) is 24.2 Å². The van der Waals surface area contributed by atoms with Crippen molar-refractivity contribution in [1.29, 1.82) is 0 Å². The van der Waals surface area contributed by atoms with Gasteiger partial charge in [0.2, 0.25) is 11.8 Å². The lowest BCUT2D eigenvalue weighted by molar-refractivity contribution is -0.138. The van der Waals surface area contributed by atoms with Crippen molar-refractivity contribution in [3.63, 3.8) is 0 Å². The summed E-state index contributed by atoms with van der Waals surface area (Å²) >= 11 is 0. The van der Waals surface area contributed by atoms with Crippen LogP contribution in [0.15, 0.2) is 36.5 Å². The fourth-order valence-corrected chi connectivity index (χ4v) is 2.92. The van der Waals surface area contributed by atoms with E-state index in [0.717, 1.165) is 12.1 Å². The molecule has 2 aromatic rings. The molecule has 3 N–H and O–H groups in total. The molecule has 142 valence electrons. The summed E-state index contributed by atoms with van der Waals surface area (Å²) in [6.07, 6.45) is -3.33. The van der Waals surface area contributed by atoms with Crippen molar-refractivity contribution in [1.82, 2.24) is 10.3 Å². The van der Waals surface area contributed by atoms with E-state index in [2.05, 4.69) is 10.3 Å². The predicted molar refractivity (Wildman–Crippen MR) is 89.4 cm³/mol. The van der Waals surface area contributed by atoms with Crippen LogP contribution in [0.3, 0.4) is 0 Å². The van der Waals surface area contributed by atoms with Gasteiger partial charge >= 0.3 is 12.2 Å². The fourth-order valence-electron chi connectivity index (χ4n) is 2.92. The number of para-hydroxylation sites is 1. The molecule has 0 saturated carbocycles. The van der Waals surface area contributed by atoms with E-state index in [0.29, 0.717) is 11.3 Å². The molecule has 0 aliphatic carbocycles. The standard InChI is InChI=1S/C17H15F3N4O3/c1-24-13-9(8-11(15(24)25)23-16(21)26)4-2-6-12(13)27-14-10(17(18,19)20)5-3-7-22-14/h2-7,11H,8H2,1H3,(H3,21,23,26). The number of likely N-dealkylation sites (N-methyl/N-ethyl adjacent to an activating group) is 1. The topological polar surface area (TPSA) is 97.6 Å². The smallest absolute Gasteiger partial charge is 0.421 e. The van der Waals surface area contributed by atoms with Gasteiger partial charge in [0.1, 0.15) is 11.6 Å². The number of primary amides is 1. The van der Waals surface area contributed by atoms with Gasteiger partial charge in [-0.3, -0.25) is 4.79 Å². The Labute approximate surface area is 151 Å². The monoisotopic (exact) mass is 380 g/mol. The number of carbonyl (C=O) groups excluding carboxylic acids is 2. The van der Waals surface area contributed by atoms with Gasteiger partial charge in [-0.25, -0.2) is 9.78 Å². The number of nitrogens with zero attached hydrogens (tertiary/aromatic N) is 2. The summed E-state index contributed by atoms with van der Waals surface area (Å²) < 4.78 is 44.9. The second-order valence-electron chi connectivity index (χ2n) is 5.88. The number of anilines is 1. The number of hydrogen-bond donors (Lipinski definition) is 2. The lowest BCUT2D eigenvalue weighted by Crippen LogP contribution is -2.53. The van der Waals surface area contributed by atoms with E-state index in [1.807, 2.05) is 0 Å². The van der Waals surface area contributed by atoms with E-state index in [1.54, 1.807) is 12.1 Å². The summed E-state index contributed by atoms with van der Waals surface area (Å²) in [6, 6.07) is 5.01. The Morgan fingerprint density at radius 3 is 2.74 bits per heavy atom. The highest BCUT2D eigenvalue weighted by molar-refractivity contribution is 6.02. The van der Waals surface area contributed by atoms with Crippen molar-refractivity contribution in [2.75, 3.05) is 11.9 Å². The minimum absolute atomic E-state index is 0.0464. The molecular formula is C17H15F3N4O3. The van der Waals surface area contributed by atoms with Gasteiger partial charge in [0.05, 0.1) is 5.69 Å². The van der Waals surface area contributed by atoms with Crippen molar-refractivity contribution in [2.45, 2.75) is 18.6 Å². The lowest BCUT2D eigenvalue weighted by Gasteiger charge is -2.32. The number of fused-ring (bicyclic) bond motifs is 1. The van der Waals surface area contributed by atoms with Gasteiger partial charge in [-0.2, -0.15) is 13.2 Å². The number of pyridine rings is 1. The van der Waals surface area contributed by atoms with Crippen molar-refractivity contribution in [3.8, 4) is 11.6 Å². The second-order valence-corrected chi connectivity index (χ2v) is 5.88. The van der Waals surface area contributed by atoms with Gasteiger partial charge < -0.3 is 20.7 Å². The van der Waals surface area contributed by atoms with Crippen LogP contribution < -0.4 is 20.7 Å². The van der Waals surface area contributed by atoms with Crippen molar-refractivity contribution >= 4 is 17.6 Å². The number of aromatic nitrogens is 1. The van der Waals surface area contributed by atoms with Gasteiger partial charge in [0.15, 0.2) is 5.75 Å². The Morgan fingerprint density at radius 1 is 1.33 bits per heavy atom. The van der Waals surface area contributed by atoms with E-state index in [9.17, 15) is 22.8 Å². The number of halogens is 3. The number of urea groups is 1. The van der Waals surface area contributed by atoms with Gasteiger partial charge in [0, 0.05) is 19.7 Å². The lowest BCUT2D eigenvalue weighted by atomic mass is 9.97. The summed E-state index contributed by atoms with van der Waals surface area (Å²) in [7, 11) is 1.44. The third kappa shape index (κ3) is 3.64. The Balaban J connectivity index is 2.00. The molecule has 1 atom stereocenters. The second kappa shape index (κ2) is 6.78. The molecule has 0 saturated heterocycles. The molecule has 3 amide bonds. The van der Waals surface area contributed by atoms with Crippen molar-refractivity contribution in [3.05, 3.63) is 47.7 Å². The maximum absolute atomic E-state index is 13.2. The van der Waals surface area contributed by atoms with Crippen LogP contribution in [-0.4, -0.2) is 30.0 Å². The SMILES string of the molecule is CN1C(=O)C(NC(N)=O)Cc2cccc(Oc3ncccc3C(F)(F)F)c21. The summed E-state index contributed by atoms with van der Waals surface area (Å²) in [6.45, 7) is 0. The Bertz CT molecular complexity index is 901. The molecule has 27 heavy (non-hydrogen) atoms. The highest BCUT2D eigenvalue weighted by Crippen LogP contribution is 2.41. The zero-order chi connectivity index (χ0) is 19.8. The van der Waals surface area contributed by atoms with Crippen LogP contribution in [0.25, 0.3) is 0 Å². The van der Waals surface area contributed by atoms with Crippen LogP contribution in [0.2, 0.25) is 0 Å². The van der Waals surface area contributed by atoms with Crippen LogP contribution in [0.4, 0.5) is 23.7 Å². The molecule has 2 heterocycles. The average molecular weight is 380 g/mol. The third-order valence-corrected chi connectivity index (χ3v) is 4.07. The Kier molecular flexibility index (Phi) is 4.64. The number of rotatable bonds is 3. The van der Waals surface area contributed by atoms with Crippen molar-refractivity contribution < 1.29 is 27.5 Å². The summed E-state index contributed by atoms with van der Waals surface area (Å²) in [5.74, 6) is -1.03. The molecule has 10 heteroatoms. The zero-order valence-electron chi connectivity index (χ0n) is 14.1. The molecule has 7 nitrogen and oxygen atoms in total. The fraction of sp³-hybridized carbons (Fsp3) is 0.235. The van der Waals surface area contributed by atoms with Crippen LogP contribution in [0, 0.1) is 0 Å². The number of benzene rings is 1. The zero-order valence-corrected chi connectivity index (χ0v) is 14.1. The average Bonchev–Trinajstić information content (AvgIpc) is 2.58. The van der Waals surface area contributed by atoms with Crippen LogP contribution >= 0.6 is 0 Å². The van der Waals surface area contributed by atoms with Gasteiger partial charge in [-0.05, 0) is 23.8 Å². The maximum Gasteiger partial charge on any atom is 0.421 e. The molecule has 0 bridgehead atoms. The van der Waals surface area contributed by atoms with Crippen LogP contribution in [0.1, 0.15) is 11.1 Å². The number of alkyl halides is 3. The van der Waals surface area contributed by atoms with Crippen LogP contribution in [0.5, 0.6) is 11.6 Å². The van der Waals surface area contributed by atoms with Gasteiger partial charge in [-0.1, -0.05) is 12.1 Å². The maximum atomic E-state index is 13.2. The first-order valence-electron chi connectivity index (χ1n) is 7.84. The van der Waals surface area contributed by atoms with E-state index in [4.69, 9.17) is 10.5 Å². The summed E-state index contributed by atoms with van der Waals surface area (Å²) in [5, 5.41) is 2.35. The minimum atomic E-state index is -4.64. The molecule has 1 aromatic heterocycles. The number of ether oxygens (including phenoxy) is 1. The van der Waals surface area contributed by atoms with Crippen molar-refractivity contribution in [2.24, 2.45) is 5.73 Å². The Morgan fingerprint density at radius 2 is 2.07 bits per heavy atom. The number of carbonyl (C=O) groups is 2. The molecule has 3 rings (SSSR count). The third-order valence-electron chi connectivity index (χ3n) is 4.07. The summed E-state index contributed by atoms with van der Waals surface area (Å²) in [5.41, 5.74) is 4.97. The normalized spacial score (nSPS) is 16.7. The molecule has 1 aliphatic rings. The van der Waals surface area contributed by atoms with E-state index < -0.39 is 35.6 Å². The molecular weight excluding hydrogens is 365 g/mol. The molecule has 1 aromatic carbocycles. The number of nitrogens with two attached hydrogens (primary N) is 1. The largest absolute Gasteiger partial charge is 0.436 e. The van der Waals surface area contributed by atoms with E-state index in [-0.39, 0.29) is 12.2 Å². The van der Waals surface area contributed by atoms with Gasteiger partial charge in [-0.15, -0.1) is 0 Å².